The Labute approximate surface area is 293 Å². The van der Waals surface area contributed by atoms with Gasteiger partial charge in [-0.3, -0.25) is 9.59 Å². The molecule has 280 valence electrons. The summed E-state index contributed by atoms with van der Waals surface area (Å²) in [7, 11) is 3.50. The van der Waals surface area contributed by atoms with Crippen LogP contribution in [0.2, 0.25) is 0 Å². The standard InChI is InChI=1S/C23H43NO2.C14H27NO2.2C2H6/c1-26-18-12-4-2-3-11-17-24-23(25)19-22(20-13-7-5-8-14-20)21-15-9-6-10-16-21;1-4-13(2)12-14(16)15-10-8-6-5-7-9-11-17-3;2*1-2/h20-22H,2-19H2,1H3,(H,24,25);2,4-12H2,1,3H3,(H,15,16);2*1-2H3. The molecule has 2 rings (SSSR count). The molecule has 6 nitrogen and oxygen atoms in total. The molecule has 0 aliphatic heterocycles. The molecule has 0 atom stereocenters. The number of carbonyl (C=O) groups is 2. The number of nitrogens with one attached hydrogen (secondary N) is 2. The van der Waals surface area contributed by atoms with E-state index in [0.717, 1.165) is 82.2 Å². The maximum atomic E-state index is 12.6. The van der Waals surface area contributed by atoms with Crippen LogP contribution < -0.4 is 10.6 Å². The molecular formula is C41H82N2O4. The van der Waals surface area contributed by atoms with Gasteiger partial charge >= 0.3 is 0 Å². The van der Waals surface area contributed by atoms with Crippen LogP contribution in [0.15, 0.2) is 12.2 Å². The van der Waals surface area contributed by atoms with E-state index in [1.165, 1.54) is 103 Å². The van der Waals surface area contributed by atoms with Crippen molar-refractivity contribution in [3.63, 3.8) is 0 Å². The number of rotatable bonds is 23. The van der Waals surface area contributed by atoms with Gasteiger partial charge in [0.05, 0.1) is 0 Å². The van der Waals surface area contributed by atoms with E-state index in [-0.39, 0.29) is 5.91 Å². The minimum absolute atomic E-state index is 0.108. The Balaban J connectivity index is 0. The molecule has 2 amide bonds. The van der Waals surface area contributed by atoms with E-state index in [1.807, 2.05) is 34.6 Å². The first-order valence-corrected chi connectivity index (χ1v) is 20.2. The first-order chi connectivity index (χ1) is 23.0. The summed E-state index contributed by atoms with van der Waals surface area (Å²) >= 11 is 0. The fourth-order valence-corrected chi connectivity index (χ4v) is 6.80. The van der Waals surface area contributed by atoms with Crippen molar-refractivity contribution in [1.82, 2.24) is 10.6 Å². The van der Waals surface area contributed by atoms with Crippen LogP contribution in [0.5, 0.6) is 0 Å². The summed E-state index contributed by atoms with van der Waals surface area (Å²) in [5.74, 6) is 2.73. The Morgan fingerprint density at radius 2 is 1.00 bits per heavy atom. The molecule has 47 heavy (non-hydrogen) atoms. The van der Waals surface area contributed by atoms with Crippen LogP contribution in [-0.2, 0) is 19.1 Å². The fourth-order valence-electron chi connectivity index (χ4n) is 6.80. The van der Waals surface area contributed by atoms with Crippen molar-refractivity contribution in [2.75, 3.05) is 40.5 Å². The lowest BCUT2D eigenvalue weighted by Gasteiger charge is -2.37. The molecule has 0 saturated heterocycles. The normalized spacial score (nSPS) is 14.9. The molecule has 0 heterocycles. The van der Waals surface area contributed by atoms with Gasteiger partial charge in [-0.25, -0.2) is 0 Å². The van der Waals surface area contributed by atoms with Crippen molar-refractivity contribution >= 4 is 11.8 Å². The Kier molecular flexibility index (Phi) is 38.0. The van der Waals surface area contributed by atoms with Crippen LogP contribution in [0, 0.1) is 17.8 Å². The lowest BCUT2D eigenvalue weighted by atomic mass is 9.68. The van der Waals surface area contributed by atoms with E-state index in [2.05, 4.69) is 17.2 Å². The topological polar surface area (TPSA) is 76.7 Å². The van der Waals surface area contributed by atoms with Gasteiger partial charge in [-0.15, -0.1) is 0 Å². The van der Waals surface area contributed by atoms with E-state index >= 15 is 0 Å². The smallest absolute Gasteiger partial charge is 0.224 e. The second kappa shape index (κ2) is 37.4. The highest BCUT2D eigenvalue weighted by Crippen LogP contribution is 2.41. The number of hydrogen-bond acceptors (Lipinski definition) is 4. The Morgan fingerprint density at radius 3 is 1.40 bits per heavy atom. The van der Waals surface area contributed by atoms with Crippen molar-refractivity contribution in [3.05, 3.63) is 12.2 Å². The van der Waals surface area contributed by atoms with E-state index in [4.69, 9.17) is 9.47 Å². The minimum atomic E-state index is 0.108. The molecule has 0 spiro atoms. The number of amides is 2. The maximum absolute atomic E-state index is 12.6. The summed E-state index contributed by atoms with van der Waals surface area (Å²) in [6.07, 6.45) is 27.8. The number of unbranched alkanes of at least 4 members (excludes halogenated alkanes) is 8. The molecular weight excluding hydrogens is 584 g/mol. The average Bonchev–Trinajstić information content (AvgIpc) is 3.12. The molecule has 2 fully saturated rings. The molecule has 0 unspecified atom stereocenters. The highest BCUT2D eigenvalue weighted by molar-refractivity contribution is 5.78. The first kappa shape index (κ1) is 47.7. The van der Waals surface area contributed by atoms with Crippen LogP contribution in [0.3, 0.4) is 0 Å². The second-order valence-electron chi connectivity index (χ2n) is 13.2. The van der Waals surface area contributed by atoms with Gasteiger partial charge in [-0.1, -0.05) is 150 Å². The zero-order valence-electron chi connectivity index (χ0n) is 32.7. The summed E-state index contributed by atoms with van der Waals surface area (Å²) < 4.78 is 10.1. The van der Waals surface area contributed by atoms with Crippen molar-refractivity contribution in [3.8, 4) is 0 Å². The van der Waals surface area contributed by atoms with Crippen molar-refractivity contribution < 1.29 is 19.1 Å². The number of methoxy groups -OCH3 is 2. The zero-order chi connectivity index (χ0) is 35.4. The second-order valence-corrected chi connectivity index (χ2v) is 13.2. The van der Waals surface area contributed by atoms with Gasteiger partial charge in [0.2, 0.25) is 11.8 Å². The fraction of sp³-hybridized carbons (Fsp3) is 0.902. The summed E-state index contributed by atoms with van der Waals surface area (Å²) in [4.78, 5) is 24.0. The highest BCUT2D eigenvalue weighted by Gasteiger charge is 2.32. The number of carbonyl (C=O) groups excluding carboxylic acids is 2. The molecule has 0 aromatic heterocycles. The SMILES string of the molecule is C=C(CC)CC(=O)NCCCCCCCOC.CC.CC.COCCCCCCCNC(=O)CC(C1CCCCC1)C1CCCCC1. The van der Waals surface area contributed by atoms with Gasteiger partial charge in [-0.05, 0) is 49.9 Å². The minimum Gasteiger partial charge on any atom is -0.385 e. The maximum Gasteiger partial charge on any atom is 0.224 e. The molecule has 6 heteroatoms. The van der Waals surface area contributed by atoms with Crippen LogP contribution in [0.4, 0.5) is 0 Å². The van der Waals surface area contributed by atoms with Gasteiger partial charge in [-0.2, -0.15) is 0 Å². The third-order valence-electron chi connectivity index (χ3n) is 9.54. The third-order valence-corrected chi connectivity index (χ3v) is 9.54. The summed E-state index contributed by atoms with van der Waals surface area (Å²) in [6.45, 7) is 17.2. The molecule has 0 radical (unpaired) electrons. The first-order valence-electron chi connectivity index (χ1n) is 20.2. The predicted molar refractivity (Wildman–Crippen MR) is 204 cm³/mol. The van der Waals surface area contributed by atoms with Gasteiger partial charge in [0, 0.05) is 53.4 Å². The van der Waals surface area contributed by atoms with E-state index < -0.39 is 0 Å². The monoisotopic (exact) mass is 667 g/mol. The third kappa shape index (κ3) is 29.3. The summed E-state index contributed by atoms with van der Waals surface area (Å²) in [6, 6.07) is 0. The van der Waals surface area contributed by atoms with Gasteiger partial charge in [0.1, 0.15) is 0 Å². The molecule has 0 bridgehead atoms. The van der Waals surface area contributed by atoms with Gasteiger partial charge < -0.3 is 20.1 Å². The van der Waals surface area contributed by atoms with E-state index in [0.29, 0.717) is 18.2 Å². The number of ether oxygens (including phenoxy) is 2. The Bertz CT molecular complexity index is 669. The molecule has 2 aliphatic carbocycles. The van der Waals surface area contributed by atoms with Crippen LogP contribution in [-0.4, -0.2) is 52.3 Å². The molecule has 2 saturated carbocycles. The highest BCUT2D eigenvalue weighted by atomic mass is 16.5. The van der Waals surface area contributed by atoms with Crippen molar-refractivity contribution in [2.45, 2.75) is 182 Å². The molecule has 0 aromatic carbocycles. The Hall–Kier alpha value is -1.40. The van der Waals surface area contributed by atoms with Crippen molar-refractivity contribution in [2.24, 2.45) is 17.8 Å². The quantitative estimate of drug-likeness (QED) is 0.0840. The molecule has 0 aromatic rings. The van der Waals surface area contributed by atoms with Crippen LogP contribution in [0.25, 0.3) is 0 Å². The summed E-state index contributed by atoms with van der Waals surface area (Å²) in [5, 5.41) is 6.16. The molecule has 2 aliphatic rings. The molecule has 2 N–H and O–H groups in total. The predicted octanol–water partition coefficient (Wildman–Crippen LogP) is 11.0. The van der Waals surface area contributed by atoms with Crippen molar-refractivity contribution in [1.29, 1.82) is 0 Å². The summed E-state index contributed by atoms with van der Waals surface area (Å²) in [5.41, 5.74) is 1.00. The lowest BCUT2D eigenvalue weighted by Crippen LogP contribution is -2.34. The van der Waals surface area contributed by atoms with Gasteiger partial charge in [0.15, 0.2) is 0 Å². The Morgan fingerprint density at radius 1 is 0.617 bits per heavy atom. The van der Waals surface area contributed by atoms with Crippen LogP contribution >= 0.6 is 0 Å². The average molecular weight is 667 g/mol. The lowest BCUT2D eigenvalue weighted by molar-refractivity contribution is -0.123. The zero-order valence-corrected chi connectivity index (χ0v) is 32.7. The van der Waals surface area contributed by atoms with Crippen LogP contribution in [0.1, 0.15) is 182 Å². The van der Waals surface area contributed by atoms with Gasteiger partial charge in [0.25, 0.3) is 0 Å². The van der Waals surface area contributed by atoms with E-state index in [9.17, 15) is 9.59 Å². The van der Waals surface area contributed by atoms with E-state index in [1.54, 1.807) is 14.2 Å². The number of hydrogen-bond donors (Lipinski definition) is 2. The largest absolute Gasteiger partial charge is 0.385 e.